The van der Waals surface area contributed by atoms with E-state index in [2.05, 4.69) is 26.5 Å². The lowest BCUT2D eigenvalue weighted by Gasteiger charge is -2.36. The molecular weight excluding hydrogens is 444 g/mol. The molecule has 184 valence electrons. The number of benzene rings is 2. The number of methoxy groups -OCH3 is 1. The molecule has 0 bridgehead atoms. The standard InChI is InChI=1S/C29H32O6/c1-8-28(4,5)21-25-18(13-15-29(6,35-25)14-9-10-16(2)3)23(31)20-22(30)17-11-12-19(33-7)24(32)26(17)34-27(20)21/h8,10-13,15,31-32H,1,9,14H2,2-7H3/t29-/m1/s1. The van der Waals surface area contributed by atoms with Gasteiger partial charge in [0.15, 0.2) is 11.3 Å². The summed E-state index contributed by atoms with van der Waals surface area (Å²) in [6, 6.07) is 3.01. The maximum atomic E-state index is 13.6. The minimum absolute atomic E-state index is 0.0139. The van der Waals surface area contributed by atoms with Crippen LogP contribution in [-0.4, -0.2) is 22.9 Å². The quantitative estimate of drug-likeness (QED) is 0.302. The van der Waals surface area contributed by atoms with Crippen LogP contribution in [0.4, 0.5) is 0 Å². The minimum atomic E-state index is -0.694. The van der Waals surface area contributed by atoms with Crippen molar-refractivity contribution in [1.29, 1.82) is 0 Å². The van der Waals surface area contributed by atoms with Gasteiger partial charge in [0.05, 0.1) is 18.1 Å². The Labute approximate surface area is 204 Å². The normalized spacial score (nSPS) is 17.2. The fraction of sp³-hybridized carbons (Fsp3) is 0.345. The van der Waals surface area contributed by atoms with Crippen LogP contribution < -0.4 is 14.9 Å². The van der Waals surface area contributed by atoms with E-state index in [0.29, 0.717) is 16.9 Å². The molecule has 1 aliphatic heterocycles. The lowest BCUT2D eigenvalue weighted by atomic mass is 9.80. The van der Waals surface area contributed by atoms with Gasteiger partial charge in [0.25, 0.3) is 0 Å². The first-order chi connectivity index (χ1) is 16.4. The van der Waals surface area contributed by atoms with Crippen LogP contribution in [-0.2, 0) is 5.41 Å². The zero-order chi connectivity index (χ0) is 25.7. The topological polar surface area (TPSA) is 89.1 Å². The van der Waals surface area contributed by atoms with Gasteiger partial charge in [-0.2, -0.15) is 0 Å². The van der Waals surface area contributed by atoms with Gasteiger partial charge in [0.1, 0.15) is 28.1 Å². The van der Waals surface area contributed by atoms with Crippen LogP contribution in [0.2, 0.25) is 0 Å². The third-order valence-electron chi connectivity index (χ3n) is 6.69. The molecule has 1 atom stereocenters. The van der Waals surface area contributed by atoms with Crippen LogP contribution in [0.5, 0.6) is 23.0 Å². The second-order valence-corrected chi connectivity index (χ2v) is 10.1. The largest absolute Gasteiger partial charge is 0.506 e. The van der Waals surface area contributed by atoms with Crippen molar-refractivity contribution in [3.8, 4) is 23.0 Å². The van der Waals surface area contributed by atoms with E-state index in [0.717, 1.165) is 12.8 Å². The number of hydrogen-bond donors (Lipinski definition) is 2. The third kappa shape index (κ3) is 3.97. The molecule has 0 unspecified atom stereocenters. The summed E-state index contributed by atoms with van der Waals surface area (Å²) in [5.41, 5.74) is 0.587. The van der Waals surface area contributed by atoms with Crippen LogP contribution >= 0.6 is 0 Å². The summed E-state index contributed by atoms with van der Waals surface area (Å²) in [6.07, 6.45) is 9.19. The number of fused-ring (bicyclic) bond motifs is 3. The Morgan fingerprint density at radius 2 is 1.91 bits per heavy atom. The molecule has 6 heteroatoms. The Morgan fingerprint density at radius 1 is 1.20 bits per heavy atom. The van der Waals surface area contributed by atoms with Crippen LogP contribution in [0.1, 0.15) is 58.6 Å². The molecule has 35 heavy (non-hydrogen) atoms. The Balaban J connectivity index is 2.10. The average Bonchev–Trinajstić information content (AvgIpc) is 2.79. The molecule has 2 N–H and O–H groups in total. The molecule has 0 spiro atoms. The van der Waals surface area contributed by atoms with Crippen molar-refractivity contribution in [2.45, 2.75) is 58.5 Å². The lowest BCUT2D eigenvalue weighted by Crippen LogP contribution is -2.33. The third-order valence-corrected chi connectivity index (χ3v) is 6.69. The molecule has 0 saturated carbocycles. The molecular formula is C29H32O6. The maximum Gasteiger partial charge on any atom is 0.204 e. The first-order valence-electron chi connectivity index (χ1n) is 11.6. The van der Waals surface area contributed by atoms with Crippen molar-refractivity contribution in [3.63, 3.8) is 0 Å². The number of rotatable bonds is 6. The number of allylic oxidation sites excluding steroid dienone is 3. The molecule has 2 aromatic carbocycles. The Morgan fingerprint density at radius 3 is 2.54 bits per heavy atom. The van der Waals surface area contributed by atoms with Gasteiger partial charge in [0.2, 0.25) is 11.2 Å². The summed E-state index contributed by atoms with van der Waals surface area (Å²) in [5, 5.41) is 22.2. The number of aromatic hydroxyl groups is 2. The second kappa shape index (κ2) is 8.52. The average molecular weight is 477 g/mol. The van der Waals surface area contributed by atoms with E-state index in [4.69, 9.17) is 13.9 Å². The van der Waals surface area contributed by atoms with Crippen molar-refractivity contribution >= 4 is 28.0 Å². The highest BCUT2D eigenvalue weighted by Crippen LogP contribution is 2.50. The zero-order valence-electron chi connectivity index (χ0n) is 21.1. The Bertz CT molecular complexity index is 1470. The van der Waals surface area contributed by atoms with E-state index in [-0.39, 0.29) is 39.2 Å². The summed E-state index contributed by atoms with van der Waals surface area (Å²) in [7, 11) is 1.42. The number of ether oxygens (including phenoxy) is 2. The minimum Gasteiger partial charge on any atom is -0.506 e. The van der Waals surface area contributed by atoms with Crippen LogP contribution in [0.3, 0.4) is 0 Å². The van der Waals surface area contributed by atoms with Crippen LogP contribution in [0, 0.1) is 0 Å². The van der Waals surface area contributed by atoms with Crippen molar-refractivity contribution in [1.82, 2.24) is 0 Å². The van der Waals surface area contributed by atoms with Crippen molar-refractivity contribution in [2.24, 2.45) is 0 Å². The van der Waals surface area contributed by atoms with Gasteiger partial charge < -0.3 is 24.1 Å². The van der Waals surface area contributed by atoms with Crippen molar-refractivity contribution in [2.75, 3.05) is 7.11 Å². The molecule has 0 fully saturated rings. The van der Waals surface area contributed by atoms with Gasteiger partial charge in [-0.15, -0.1) is 6.58 Å². The van der Waals surface area contributed by atoms with Crippen LogP contribution in [0.15, 0.2) is 51.7 Å². The highest BCUT2D eigenvalue weighted by molar-refractivity contribution is 6.01. The first-order valence-corrected chi connectivity index (χ1v) is 11.6. The molecule has 0 aliphatic carbocycles. The Hall–Kier alpha value is -3.67. The molecule has 0 saturated heterocycles. The first kappa shape index (κ1) is 24.5. The fourth-order valence-electron chi connectivity index (χ4n) is 4.52. The summed E-state index contributed by atoms with van der Waals surface area (Å²) in [6.45, 7) is 14.0. The zero-order valence-corrected chi connectivity index (χ0v) is 21.1. The van der Waals surface area contributed by atoms with Gasteiger partial charge in [0, 0.05) is 11.0 Å². The van der Waals surface area contributed by atoms with E-state index in [1.165, 1.54) is 24.8 Å². The lowest BCUT2D eigenvalue weighted by molar-refractivity contribution is 0.125. The summed E-state index contributed by atoms with van der Waals surface area (Å²) >= 11 is 0. The molecule has 6 nitrogen and oxygen atoms in total. The SMILES string of the molecule is C=CC(C)(C)c1c2c(c(O)c3c(=O)c4ccc(OC)c(O)c4oc13)C=C[C@@](C)(CCC=C(C)C)O2. The summed E-state index contributed by atoms with van der Waals surface area (Å²) in [4.78, 5) is 13.6. The highest BCUT2D eigenvalue weighted by atomic mass is 16.5. The van der Waals surface area contributed by atoms with Gasteiger partial charge in [-0.3, -0.25) is 4.79 Å². The predicted octanol–water partition coefficient (Wildman–Crippen LogP) is 6.74. The second-order valence-electron chi connectivity index (χ2n) is 10.1. The highest BCUT2D eigenvalue weighted by Gasteiger charge is 2.37. The van der Waals surface area contributed by atoms with E-state index in [1.54, 1.807) is 6.08 Å². The smallest absolute Gasteiger partial charge is 0.204 e. The van der Waals surface area contributed by atoms with E-state index >= 15 is 0 Å². The van der Waals surface area contributed by atoms with E-state index in [9.17, 15) is 15.0 Å². The van der Waals surface area contributed by atoms with Crippen molar-refractivity contribution < 1.29 is 24.1 Å². The van der Waals surface area contributed by atoms with Crippen molar-refractivity contribution in [3.05, 3.63) is 63.9 Å². The molecule has 1 aromatic heterocycles. The monoisotopic (exact) mass is 476 g/mol. The van der Waals surface area contributed by atoms with Gasteiger partial charge >= 0.3 is 0 Å². The molecule has 1 aliphatic rings. The number of phenolic OH excluding ortho intramolecular Hbond substituents is 2. The summed E-state index contributed by atoms with van der Waals surface area (Å²) in [5.74, 6) is 0.118. The van der Waals surface area contributed by atoms with E-state index in [1.807, 2.05) is 32.9 Å². The van der Waals surface area contributed by atoms with Gasteiger partial charge in [-0.25, -0.2) is 0 Å². The molecule has 0 radical (unpaired) electrons. The molecule has 0 amide bonds. The van der Waals surface area contributed by atoms with Crippen LogP contribution in [0.25, 0.3) is 28.0 Å². The molecule has 4 rings (SSSR count). The van der Waals surface area contributed by atoms with Gasteiger partial charge in [-0.05, 0) is 57.9 Å². The Kier molecular flexibility index (Phi) is 5.95. The van der Waals surface area contributed by atoms with Gasteiger partial charge in [-0.1, -0.05) is 31.6 Å². The number of phenols is 2. The predicted molar refractivity (Wildman–Crippen MR) is 140 cm³/mol. The maximum absolute atomic E-state index is 13.6. The molecule has 2 heterocycles. The van der Waals surface area contributed by atoms with E-state index < -0.39 is 16.4 Å². The fourth-order valence-corrected chi connectivity index (χ4v) is 4.52. The number of hydrogen-bond acceptors (Lipinski definition) is 6. The summed E-state index contributed by atoms with van der Waals surface area (Å²) < 4.78 is 18.0. The molecule has 3 aromatic rings.